The Morgan fingerprint density at radius 1 is 1.39 bits per heavy atom. The molecule has 7 heteroatoms. The first-order chi connectivity index (χ1) is 10.7. The first-order valence-electron chi connectivity index (χ1n) is 8.50. The predicted molar refractivity (Wildman–Crippen MR) is 103 cm³/mol. The van der Waals surface area contributed by atoms with Gasteiger partial charge in [0.2, 0.25) is 5.89 Å². The lowest BCUT2D eigenvalue weighted by atomic mass is 9.87. The van der Waals surface area contributed by atoms with E-state index >= 15 is 0 Å². The molecule has 1 saturated heterocycles. The van der Waals surface area contributed by atoms with Crippen LogP contribution in [0.3, 0.4) is 0 Å². The normalized spacial score (nSPS) is 18.4. The van der Waals surface area contributed by atoms with Crippen molar-refractivity contribution in [2.24, 2.45) is 16.8 Å². The highest BCUT2D eigenvalue weighted by atomic mass is 127. The van der Waals surface area contributed by atoms with Crippen molar-refractivity contribution < 1.29 is 4.52 Å². The summed E-state index contributed by atoms with van der Waals surface area (Å²) in [5, 5.41) is 7.29. The van der Waals surface area contributed by atoms with Crippen molar-refractivity contribution in [3.05, 3.63) is 11.7 Å². The molecule has 1 aromatic heterocycles. The van der Waals surface area contributed by atoms with Gasteiger partial charge in [0.1, 0.15) is 6.54 Å². The van der Waals surface area contributed by atoms with Crippen molar-refractivity contribution in [2.45, 2.75) is 53.5 Å². The molecular weight excluding hydrogens is 405 g/mol. The van der Waals surface area contributed by atoms with Gasteiger partial charge in [0.05, 0.1) is 0 Å². The molecule has 23 heavy (non-hydrogen) atoms. The van der Waals surface area contributed by atoms with E-state index in [0.717, 1.165) is 37.4 Å². The quantitative estimate of drug-likeness (QED) is 0.422. The molecule has 1 aromatic rings. The standard InChI is InChI=1S/C16H29N5O.HI/c1-5-13(6-2)14-8-9-21(11-14)16(17-7-3)18-10-15-19-12(4)22-20-15;/h13-14H,5-11H2,1-4H3,(H,17,18);1H. The van der Waals surface area contributed by atoms with E-state index in [9.17, 15) is 0 Å². The lowest BCUT2D eigenvalue weighted by Gasteiger charge is -2.24. The van der Waals surface area contributed by atoms with Crippen LogP contribution in [-0.4, -0.2) is 40.6 Å². The van der Waals surface area contributed by atoms with E-state index in [4.69, 9.17) is 4.52 Å². The molecule has 0 aliphatic carbocycles. The van der Waals surface area contributed by atoms with Gasteiger partial charge in [0.15, 0.2) is 11.8 Å². The fraction of sp³-hybridized carbons (Fsp3) is 0.812. The summed E-state index contributed by atoms with van der Waals surface area (Å²) in [6, 6.07) is 0. The molecule has 1 aliphatic heterocycles. The molecule has 1 N–H and O–H groups in total. The SMILES string of the molecule is CCNC(=NCc1noc(C)n1)N1CCC(C(CC)CC)C1.I. The van der Waals surface area contributed by atoms with E-state index in [1.54, 1.807) is 6.92 Å². The molecule has 1 unspecified atom stereocenters. The van der Waals surface area contributed by atoms with Gasteiger partial charge in [-0.1, -0.05) is 31.8 Å². The number of hydrogen-bond acceptors (Lipinski definition) is 4. The fourth-order valence-electron chi connectivity index (χ4n) is 3.30. The third-order valence-corrected chi connectivity index (χ3v) is 4.51. The second-order valence-corrected chi connectivity index (χ2v) is 5.97. The number of nitrogens with zero attached hydrogens (tertiary/aromatic N) is 4. The summed E-state index contributed by atoms with van der Waals surface area (Å²) in [7, 11) is 0. The van der Waals surface area contributed by atoms with Gasteiger partial charge in [0, 0.05) is 26.6 Å². The predicted octanol–water partition coefficient (Wildman–Crippen LogP) is 3.22. The van der Waals surface area contributed by atoms with Crippen molar-refractivity contribution in [1.82, 2.24) is 20.4 Å². The minimum Gasteiger partial charge on any atom is -0.357 e. The summed E-state index contributed by atoms with van der Waals surface area (Å²) < 4.78 is 5.00. The van der Waals surface area contributed by atoms with Crippen LogP contribution in [0.25, 0.3) is 0 Å². The fourth-order valence-corrected chi connectivity index (χ4v) is 3.30. The van der Waals surface area contributed by atoms with Gasteiger partial charge in [-0.3, -0.25) is 0 Å². The second-order valence-electron chi connectivity index (χ2n) is 5.97. The Morgan fingerprint density at radius 3 is 2.70 bits per heavy atom. The maximum Gasteiger partial charge on any atom is 0.223 e. The Hall–Kier alpha value is -0.860. The highest BCUT2D eigenvalue weighted by Gasteiger charge is 2.29. The molecular formula is C16H30IN5O. The molecule has 0 radical (unpaired) electrons. The number of hydrogen-bond donors (Lipinski definition) is 1. The average molecular weight is 435 g/mol. The topological polar surface area (TPSA) is 66.5 Å². The van der Waals surface area contributed by atoms with Crippen molar-refractivity contribution in [3.8, 4) is 0 Å². The number of halogens is 1. The van der Waals surface area contributed by atoms with Crippen LogP contribution < -0.4 is 5.32 Å². The Balaban J connectivity index is 0.00000264. The molecule has 6 nitrogen and oxygen atoms in total. The number of likely N-dealkylation sites (tertiary alicyclic amines) is 1. The van der Waals surface area contributed by atoms with Crippen LogP contribution in [0.15, 0.2) is 9.52 Å². The zero-order chi connectivity index (χ0) is 15.9. The number of aryl methyl sites for hydroxylation is 1. The molecule has 1 atom stereocenters. The lowest BCUT2D eigenvalue weighted by molar-refractivity contribution is 0.319. The molecule has 2 heterocycles. The summed E-state index contributed by atoms with van der Waals surface area (Å²) in [5.41, 5.74) is 0. The molecule has 0 aromatic carbocycles. The first kappa shape index (κ1) is 20.2. The molecule has 1 fully saturated rings. The lowest BCUT2D eigenvalue weighted by Crippen LogP contribution is -2.40. The Kier molecular flexibility index (Phi) is 8.86. The van der Waals surface area contributed by atoms with Gasteiger partial charge in [-0.2, -0.15) is 4.98 Å². The van der Waals surface area contributed by atoms with E-state index in [2.05, 4.69) is 46.1 Å². The van der Waals surface area contributed by atoms with Crippen LogP contribution in [0.4, 0.5) is 0 Å². The van der Waals surface area contributed by atoms with Crippen LogP contribution in [0, 0.1) is 18.8 Å². The molecule has 0 amide bonds. The van der Waals surface area contributed by atoms with E-state index in [0.29, 0.717) is 18.3 Å². The summed E-state index contributed by atoms with van der Waals surface area (Å²) in [4.78, 5) is 11.3. The van der Waals surface area contributed by atoms with Gasteiger partial charge in [-0.05, 0) is 25.2 Å². The largest absolute Gasteiger partial charge is 0.357 e. The van der Waals surface area contributed by atoms with E-state index in [1.165, 1.54) is 19.3 Å². The van der Waals surface area contributed by atoms with E-state index in [1.807, 2.05) is 0 Å². The number of rotatable bonds is 6. The molecule has 0 saturated carbocycles. The minimum absolute atomic E-state index is 0. The maximum absolute atomic E-state index is 5.00. The van der Waals surface area contributed by atoms with Crippen LogP contribution in [-0.2, 0) is 6.54 Å². The number of aliphatic imine (C=N–C) groups is 1. The van der Waals surface area contributed by atoms with Crippen LogP contribution >= 0.6 is 24.0 Å². The van der Waals surface area contributed by atoms with Crippen LogP contribution in [0.1, 0.15) is 51.7 Å². The van der Waals surface area contributed by atoms with Gasteiger partial charge < -0.3 is 14.7 Å². The van der Waals surface area contributed by atoms with Crippen molar-refractivity contribution in [2.75, 3.05) is 19.6 Å². The average Bonchev–Trinajstić information content (AvgIpc) is 3.14. The van der Waals surface area contributed by atoms with Crippen molar-refractivity contribution >= 4 is 29.9 Å². The third kappa shape index (κ3) is 5.61. The molecule has 2 rings (SSSR count). The molecule has 1 aliphatic rings. The Labute approximate surface area is 156 Å². The summed E-state index contributed by atoms with van der Waals surface area (Å²) in [5.74, 6) is 3.81. The molecule has 0 spiro atoms. The second kappa shape index (κ2) is 10.1. The minimum atomic E-state index is 0. The summed E-state index contributed by atoms with van der Waals surface area (Å²) in [6.45, 7) is 12.0. The number of guanidine groups is 1. The highest BCUT2D eigenvalue weighted by Crippen LogP contribution is 2.28. The van der Waals surface area contributed by atoms with Crippen molar-refractivity contribution in [3.63, 3.8) is 0 Å². The first-order valence-corrected chi connectivity index (χ1v) is 8.50. The highest BCUT2D eigenvalue weighted by molar-refractivity contribution is 14.0. The van der Waals surface area contributed by atoms with Crippen molar-refractivity contribution in [1.29, 1.82) is 0 Å². The third-order valence-electron chi connectivity index (χ3n) is 4.51. The summed E-state index contributed by atoms with van der Waals surface area (Å²) in [6.07, 6.45) is 3.80. The van der Waals surface area contributed by atoms with E-state index < -0.39 is 0 Å². The maximum atomic E-state index is 5.00. The monoisotopic (exact) mass is 435 g/mol. The van der Waals surface area contributed by atoms with Gasteiger partial charge in [-0.15, -0.1) is 24.0 Å². The van der Waals surface area contributed by atoms with Gasteiger partial charge in [-0.25, -0.2) is 4.99 Å². The van der Waals surface area contributed by atoms with Crippen LogP contribution in [0.5, 0.6) is 0 Å². The Morgan fingerprint density at radius 2 is 2.13 bits per heavy atom. The number of aromatic nitrogens is 2. The van der Waals surface area contributed by atoms with Gasteiger partial charge in [0.25, 0.3) is 0 Å². The Bertz CT molecular complexity index is 487. The molecule has 0 bridgehead atoms. The van der Waals surface area contributed by atoms with Crippen LogP contribution in [0.2, 0.25) is 0 Å². The molecule has 132 valence electrons. The van der Waals surface area contributed by atoms with E-state index in [-0.39, 0.29) is 24.0 Å². The number of nitrogens with one attached hydrogen (secondary N) is 1. The zero-order valence-corrected chi connectivity index (χ0v) is 17.0. The zero-order valence-electron chi connectivity index (χ0n) is 14.7. The summed E-state index contributed by atoms with van der Waals surface area (Å²) >= 11 is 0. The van der Waals surface area contributed by atoms with Gasteiger partial charge >= 0.3 is 0 Å². The smallest absolute Gasteiger partial charge is 0.223 e.